The van der Waals surface area contributed by atoms with E-state index in [9.17, 15) is 10.0 Å². The lowest BCUT2D eigenvalue weighted by molar-refractivity contribution is -0.991. The van der Waals surface area contributed by atoms with Gasteiger partial charge in [-0.2, -0.15) is 5.23 Å². The summed E-state index contributed by atoms with van der Waals surface area (Å²) in [4.78, 5) is 17.5. The van der Waals surface area contributed by atoms with Crippen LogP contribution in [0.5, 0.6) is 0 Å². The molecule has 4 aliphatic rings. The number of ether oxygens (including phenoxy) is 1. The molecule has 2 aliphatic heterocycles. The molecule has 2 aliphatic carbocycles. The molecule has 7 heteroatoms. The molecule has 2 saturated heterocycles. The Morgan fingerprint density at radius 1 is 1.22 bits per heavy atom. The molecule has 3 fully saturated rings. The molecule has 5 rings (SSSR count). The first-order valence-electron chi connectivity index (χ1n) is 12.1. The van der Waals surface area contributed by atoms with Crippen LogP contribution in [-0.4, -0.2) is 54.9 Å². The van der Waals surface area contributed by atoms with E-state index in [1.165, 1.54) is 19.3 Å². The summed E-state index contributed by atoms with van der Waals surface area (Å²) in [7, 11) is 0. The molecule has 0 spiro atoms. The minimum absolute atomic E-state index is 0.0153. The van der Waals surface area contributed by atoms with Crippen LogP contribution in [0.1, 0.15) is 39.5 Å². The third kappa shape index (κ3) is 3.96. The molecule has 174 valence electrons. The van der Waals surface area contributed by atoms with E-state index < -0.39 is 5.23 Å². The highest BCUT2D eigenvalue weighted by Crippen LogP contribution is 2.54. The number of rotatable bonds is 4. The van der Waals surface area contributed by atoms with Gasteiger partial charge in [-0.1, -0.05) is 31.9 Å². The van der Waals surface area contributed by atoms with E-state index in [1.54, 1.807) is 17.7 Å². The van der Waals surface area contributed by atoms with Gasteiger partial charge in [0.15, 0.2) is 5.69 Å². The summed E-state index contributed by atoms with van der Waals surface area (Å²) in [5.74, 6) is 0.751. The Hall–Kier alpha value is -1.93. The highest BCUT2D eigenvalue weighted by molar-refractivity contribution is 5.76. The van der Waals surface area contributed by atoms with Crippen molar-refractivity contribution in [2.45, 2.75) is 45.6 Å². The second-order valence-corrected chi connectivity index (χ2v) is 10.5. The van der Waals surface area contributed by atoms with Crippen LogP contribution in [0.25, 0.3) is 0 Å². The Morgan fingerprint density at radius 3 is 2.62 bits per heavy atom. The molecule has 1 saturated carbocycles. The highest BCUT2D eigenvalue weighted by Gasteiger charge is 2.52. The topological polar surface area (TPSA) is 80.5 Å². The number of nitrogens with zero attached hydrogens (tertiary/aromatic N) is 2. The number of fused-ring (bicyclic) bond motifs is 2. The van der Waals surface area contributed by atoms with Gasteiger partial charge < -0.3 is 14.8 Å². The summed E-state index contributed by atoms with van der Waals surface area (Å²) in [5, 5.41) is 19.3. The maximum Gasteiger partial charge on any atom is 0.311 e. The van der Waals surface area contributed by atoms with Gasteiger partial charge in [0.2, 0.25) is 0 Å². The van der Waals surface area contributed by atoms with Gasteiger partial charge in [-0.15, -0.1) is 0 Å². The fourth-order valence-electron chi connectivity index (χ4n) is 6.54. The summed E-state index contributed by atoms with van der Waals surface area (Å²) in [6.07, 6.45) is 7.20. The first-order valence-corrected chi connectivity index (χ1v) is 12.1. The minimum atomic E-state index is -0.899. The van der Waals surface area contributed by atoms with E-state index >= 15 is 0 Å². The number of carbonyl (C=O) groups is 1. The van der Waals surface area contributed by atoms with E-state index in [-0.39, 0.29) is 29.3 Å². The van der Waals surface area contributed by atoms with Crippen molar-refractivity contribution in [2.75, 3.05) is 37.6 Å². The number of allylic oxidation sites excluding steroid dienone is 1. The lowest BCUT2D eigenvalue weighted by Gasteiger charge is -2.46. The van der Waals surface area contributed by atoms with Crippen LogP contribution in [0.2, 0.25) is 0 Å². The van der Waals surface area contributed by atoms with Gasteiger partial charge in [0.05, 0.1) is 5.92 Å². The van der Waals surface area contributed by atoms with Crippen LogP contribution >= 0.6 is 0 Å². The van der Waals surface area contributed by atoms with Crippen molar-refractivity contribution in [3.8, 4) is 0 Å². The number of hydrogen-bond donors (Lipinski definition) is 2. The third-order valence-corrected chi connectivity index (χ3v) is 8.39. The smallest absolute Gasteiger partial charge is 0.311 e. The van der Waals surface area contributed by atoms with Crippen LogP contribution in [0, 0.1) is 28.4 Å². The first-order chi connectivity index (χ1) is 15.3. The summed E-state index contributed by atoms with van der Waals surface area (Å²) in [6.45, 7) is 9.02. The Balaban J connectivity index is 1.23. The number of anilines is 1. The van der Waals surface area contributed by atoms with Crippen LogP contribution in [-0.2, 0) is 9.53 Å². The SMILES string of the molecule is C[C@@H]1CCC[C@@]2(C)C[C@H]3OC(=O)[C@@H](CN4CCN(c5ccc([NH+]([O-])O)cc5)CC4)[C@@H]3C=C12. The van der Waals surface area contributed by atoms with Crippen molar-refractivity contribution in [3.63, 3.8) is 0 Å². The molecule has 1 unspecified atom stereocenters. The molecular weight excluding hydrogens is 406 g/mol. The standard InChI is InChI=1S/C25H35N3O4/c1-17-4-3-9-25(2)15-23-20(14-22(17)25)21(24(29)32-23)16-26-10-12-27(13-11-26)18-5-7-19(8-6-18)28(30)31/h5-8,14,17,20-21,23,28,30H,3-4,9-13,15-16H2,1-2H3/t17-,20+,21+,23-,25+/m1/s1. The number of hydrogen-bond acceptors (Lipinski definition) is 6. The molecule has 32 heavy (non-hydrogen) atoms. The predicted molar refractivity (Wildman–Crippen MR) is 122 cm³/mol. The molecule has 2 N–H and O–H groups in total. The Bertz CT molecular complexity index is 878. The molecule has 0 aromatic heterocycles. The number of nitrogens with one attached hydrogen (secondary N) is 1. The molecule has 0 radical (unpaired) electrons. The summed E-state index contributed by atoms with van der Waals surface area (Å²) >= 11 is 0. The molecule has 0 bridgehead atoms. The van der Waals surface area contributed by atoms with Gasteiger partial charge in [0, 0.05) is 56.5 Å². The van der Waals surface area contributed by atoms with Gasteiger partial charge >= 0.3 is 5.97 Å². The van der Waals surface area contributed by atoms with Crippen molar-refractivity contribution in [3.05, 3.63) is 41.1 Å². The lowest BCUT2D eigenvalue weighted by atomic mass is 9.59. The maximum absolute atomic E-state index is 12.8. The van der Waals surface area contributed by atoms with Crippen LogP contribution in [0.4, 0.5) is 11.4 Å². The lowest BCUT2D eigenvalue weighted by Crippen LogP contribution is -2.99. The van der Waals surface area contributed by atoms with Crippen LogP contribution in [0.15, 0.2) is 35.9 Å². The Morgan fingerprint density at radius 2 is 1.94 bits per heavy atom. The first kappa shape index (κ1) is 21.9. The molecule has 0 amide bonds. The van der Waals surface area contributed by atoms with E-state index in [0.717, 1.165) is 44.8 Å². The zero-order valence-corrected chi connectivity index (χ0v) is 19.1. The van der Waals surface area contributed by atoms with Gasteiger partial charge in [-0.25, -0.2) is 5.21 Å². The maximum atomic E-state index is 12.8. The summed E-state index contributed by atoms with van der Waals surface area (Å²) in [6, 6.07) is 7.09. The number of piperazine rings is 1. The zero-order valence-electron chi connectivity index (χ0n) is 19.1. The normalized spacial score (nSPS) is 36.2. The van der Waals surface area contributed by atoms with E-state index in [2.05, 4.69) is 29.7 Å². The minimum Gasteiger partial charge on any atom is -0.595 e. The number of esters is 1. The Kier molecular flexibility index (Phi) is 5.78. The van der Waals surface area contributed by atoms with Gasteiger partial charge in [0.25, 0.3) is 0 Å². The predicted octanol–water partition coefficient (Wildman–Crippen LogP) is 2.53. The number of carbonyl (C=O) groups excluding carboxylic acids is 1. The van der Waals surface area contributed by atoms with Crippen molar-refractivity contribution >= 4 is 17.3 Å². The summed E-state index contributed by atoms with van der Waals surface area (Å²) < 4.78 is 5.92. The largest absolute Gasteiger partial charge is 0.595 e. The molecule has 1 aromatic rings. The van der Waals surface area contributed by atoms with Gasteiger partial charge in [-0.3, -0.25) is 9.69 Å². The van der Waals surface area contributed by atoms with Crippen LogP contribution < -0.4 is 10.1 Å². The van der Waals surface area contributed by atoms with E-state index in [1.807, 2.05) is 12.1 Å². The molecule has 2 heterocycles. The monoisotopic (exact) mass is 441 g/mol. The fraction of sp³-hybridized carbons (Fsp3) is 0.640. The second-order valence-electron chi connectivity index (χ2n) is 10.5. The fourth-order valence-corrected chi connectivity index (χ4v) is 6.54. The average molecular weight is 442 g/mol. The quantitative estimate of drug-likeness (QED) is 0.425. The zero-order chi connectivity index (χ0) is 22.5. The van der Waals surface area contributed by atoms with E-state index in [4.69, 9.17) is 9.94 Å². The van der Waals surface area contributed by atoms with Crippen molar-refractivity contribution < 1.29 is 20.0 Å². The molecule has 1 aromatic carbocycles. The van der Waals surface area contributed by atoms with Gasteiger partial charge in [-0.05, 0) is 42.7 Å². The Labute approximate surface area is 190 Å². The average Bonchev–Trinajstić information content (AvgIpc) is 3.06. The van der Waals surface area contributed by atoms with Crippen molar-refractivity contribution in [1.29, 1.82) is 0 Å². The highest BCUT2D eigenvalue weighted by atomic mass is 16.8. The molecule has 7 nitrogen and oxygen atoms in total. The van der Waals surface area contributed by atoms with Crippen molar-refractivity contribution in [1.82, 2.24) is 4.90 Å². The van der Waals surface area contributed by atoms with E-state index in [0.29, 0.717) is 11.6 Å². The van der Waals surface area contributed by atoms with Crippen LogP contribution in [0.3, 0.4) is 0 Å². The van der Waals surface area contributed by atoms with Crippen molar-refractivity contribution in [2.24, 2.45) is 23.2 Å². The third-order valence-electron chi connectivity index (χ3n) is 8.39. The van der Waals surface area contributed by atoms with Gasteiger partial charge in [0.1, 0.15) is 6.10 Å². The number of benzene rings is 1. The summed E-state index contributed by atoms with van der Waals surface area (Å²) in [5.41, 5.74) is 3.14. The number of quaternary nitrogens is 1. The second kappa shape index (κ2) is 8.45. The molecular formula is C25H35N3O4. The molecule has 6 atom stereocenters.